The Hall–Kier alpha value is -5.42. The number of fused-ring (bicyclic) bond motifs is 1. The highest BCUT2D eigenvalue weighted by Gasteiger charge is 2.15. The van der Waals surface area contributed by atoms with Crippen molar-refractivity contribution in [2.75, 3.05) is 0 Å². The zero-order valence-corrected chi connectivity index (χ0v) is 22.4. The van der Waals surface area contributed by atoms with Gasteiger partial charge in [-0.15, -0.1) is 0 Å². The molecule has 0 atom stereocenters. The van der Waals surface area contributed by atoms with Gasteiger partial charge in [-0.2, -0.15) is 0 Å². The van der Waals surface area contributed by atoms with Crippen LogP contribution >= 0.6 is 0 Å². The first kappa shape index (κ1) is 27.2. The number of carbonyl (C=O) groups excluding carboxylic acids is 2. The normalized spacial score (nSPS) is 11.9. The molecule has 0 spiro atoms. The molecule has 0 saturated carbocycles. The molecule has 5 aromatic carbocycles. The van der Waals surface area contributed by atoms with E-state index in [1.807, 2.05) is 97.1 Å². The lowest BCUT2D eigenvalue weighted by Crippen LogP contribution is -2.39. The lowest BCUT2D eigenvalue weighted by Gasteiger charge is -2.20. The molecule has 0 radical (unpaired) electrons. The predicted octanol–water partition coefficient (Wildman–Crippen LogP) is 7.08. The van der Waals surface area contributed by atoms with Gasteiger partial charge in [0.1, 0.15) is 18.5 Å². The van der Waals surface area contributed by atoms with E-state index in [-0.39, 0.29) is 11.8 Å². The van der Waals surface area contributed by atoms with Gasteiger partial charge >= 0.3 is 0 Å². The standard InChI is InChI=1S/C36H30N2O3/c39-34(23-16-27-9-3-1-4-10-27)37-36(38-35(40)24-17-28-11-5-2-6-12-28)31-19-21-33(22-20-31)41-26-29-15-18-30-13-7-8-14-32(30)25-29/h1-25,36H,26H2,(H,37,39)(H,38,40). The third-order valence-corrected chi connectivity index (χ3v) is 6.46. The van der Waals surface area contributed by atoms with Crippen LogP contribution in [0.15, 0.2) is 140 Å². The Kier molecular flexibility index (Phi) is 9.00. The highest BCUT2D eigenvalue weighted by molar-refractivity contribution is 5.94. The van der Waals surface area contributed by atoms with Crippen LogP contribution in [0.5, 0.6) is 5.75 Å². The van der Waals surface area contributed by atoms with Gasteiger partial charge in [-0.3, -0.25) is 9.59 Å². The second kappa shape index (κ2) is 13.6. The first-order valence-corrected chi connectivity index (χ1v) is 13.4. The van der Waals surface area contributed by atoms with E-state index in [1.54, 1.807) is 12.2 Å². The predicted molar refractivity (Wildman–Crippen MR) is 165 cm³/mol. The third kappa shape index (κ3) is 8.04. The van der Waals surface area contributed by atoms with E-state index in [9.17, 15) is 9.59 Å². The number of amides is 2. The number of carbonyl (C=O) groups is 2. The molecule has 0 bridgehead atoms. The summed E-state index contributed by atoms with van der Waals surface area (Å²) in [6.45, 7) is 0.426. The summed E-state index contributed by atoms with van der Waals surface area (Å²) in [5.41, 5.74) is 3.59. The van der Waals surface area contributed by atoms with Crippen LogP contribution in [0.3, 0.4) is 0 Å². The summed E-state index contributed by atoms with van der Waals surface area (Å²) >= 11 is 0. The van der Waals surface area contributed by atoms with E-state index in [2.05, 4.69) is 41.0 Å². The average Bonchev–Trinajstić information content (AvgIpc) is 3.02. The van der Waals surface area contributed by atoms with Gasteiger partial charge in [0.15, 0.2) is 0 Å². The van der Waals surface area contributed by atoms with E-state index >= 15 is 0 Å². The fourth-order valence-corrected chi connectivity index (χ4v) is 4.31. The van der Waals surface area contributed by atoms with Gasteiger partial charge in [0, 0.05) is 12.2 Å². The lowest BCUT2D eigenvalue weighted by molar-refractivity contribution is -0.119. The number of rotatable bonds is 10. The Labute approximate surface area is 239 Å². The Morgan fingerprint density at radius 2 is 1.15 bits per heavy atom. The molecule has 0 aliphatic carbocycles. The molecular weight excluding hydrogens is 508 g/mol. The summed E-state index contributed by atoms with van der Waals surface area (Å²) in [4.78, 5) is 25.6. The summed E-state index contributed by atoms with van der Waals surface area (Å²) in [5, 5.41) is 8.14. The van der Waals surface area contributed by atoms with Crippen molar-refractivity contribution in [3.63, 3.8) is 0 Å². The quantitative estimate of drug-likeness (QED) is 0.148. The second-order valence-corrected chi connectivity index (χ2v) is 9.48. The molecule has 0 aromatic heterocycles. The van der Waals surface area contributed by atoms with Crippen molar-refractivity contribution < 1.29 is 14.3 Å². The average molecular weight is 539 g/mol. The molecule has 0 fully saturated rings. The van der Waals surface area contributed by atoms with Crippen molar-refractivity contribution >= 4 is 34.7 Å². The molecule has 2 N–H and O–H groups in total. The lowest BCUT2D eigenvalue weighted by atomic mass is 10.1. The SMILES string of the molecule is O=C(C=Cc1ccccc1)NC(NC(=O)C=Cc1ccccc1)c1ccc(OCc2ccc3ccccc3c2)cc1. The van der Waals surface area contributed by atoms with Crippen molar-refractivity contribution in [2.45, 2.75) is 12.8 Å². The Balaban J connectivity index is 1.27. The maximum atomic E-state index is 12.8. The van der Waals surface area contributed by atoms with Crippen molar-refractivity contribution in [2.24, 2.45) is 0 Å². The minimum Gasteiger partial charge on any atom is -0.489 e. The highest BCUT2D eigenvalue weighted by Crippen LogP contribution is 2.20. The van der Waals surface area contributed by atoms with Crippen molar-refractivity contribution in [3.8, 4) is 5.75 Å². The molecule has 0 aliphatic heterocycles. The van der Waals surface area contributed by atoms with E-state index in [0.717, 1.165) is 16.7 Å². The summed E-state index contributed by atoms with van der Waals surface area (Å²) in [7, 11) is 0. The van der Waals surface area contributed by atoms with Gasteiger partial charge in [-0.1, -0.05) is 109 Å². The summed E-state index contributed by atoms with van der Waals surface area (Å²) in [6.07, 6.45) is 5.62. The van der Waals surface area contributed by atoms with Crippen LogP contribution < -0.4 is 15.4 Å². The zero-order valence-electron chi connectivity index (χ0n) is 22.4. The molecular formula is C36H30N2O3. The Morgan fingerprint density at radius 3 is 1.73 bits per heavy atom. The number of benzene rings is 5. The van der Waals surface area contributed by atoms with Crippen molar-refractivity contribution in [3.05, 3.63) is 162 Å². The van der Waals surface area contributed by atoms with E-state index in [1.165, 1.54) is 22.9 Å². The van der Waals surface area contributed by atoms with Crippen LogP contribution in [0.1, 0.15) is 28.4 Å². The van der Waals surface area contributed by atoms with E-state index < -0.39 is 6.17 Å². The largest absolute Gasteiger partial charge is 0.489 e. The van der Waals surface area contributed by atoms with E-state index in [0.29, 0.717) is 17.9 Å². The van der Waals surface area contributed by atoms with Crippen LogP contribution in [0.2, 0.25) is 0 Å². The number of hydrogen-bond donors (Lipinski definition) is 2. The Morgan fingerprint density at radius 1 is 0.610 bits per heavy atom. The molecule has 202 valence electrons. The van der Waals surface area contributed by atoms with Crippen LogP contribution in [-0.2, 0) is 16.2 Å². The minimum atomic E-state index is -0.745. The summed E-state index contributed by atoms with van der Waals surface area (Å²) in [6, 6.07) is 40.9. The van der Waals surface area contributed by atoms with Gasteiger partial charge in [0.05, 0.1) is 0 Å². The first-order valence-electron chi connectivity index (χ1n) is 13.4. The number of hydrogen-bond acceptors (Lipinski definition) is 3. The molecule has 5 nitrogen and oxygen atoms in total. The van der Waals surface area contributed by atoms with Crippen LogP contribution in [-0.4, -0.2) is 11.8 Å². The van der Waals surface area contributed by atoms with Crippen molar-refractivity contribution in [1.82, 2.24) is 10.6 Å². The fourth-order valence-electron chi connectivity index (χ4n) is 4.31. The minimum absolute atomic E-state index is 0.331. The molecule has 0 heterocycles. The summed E-state index contributed by atoms with van der Waals surface area (Å²) in [5.74, 6) is 0.0249. The topological polar surface area (TPSA) is 67.4 Å². The molecule has 5 aromatic rings. The number of nitrogens with one attached hydrogen (secondary N) is 2. The molecule has 0 aliphatic rings. The molecule has 0 unspecified atom stereocenters. The maximum absolute atomic E-state index is 12.8. The number of ether oxygens (including phenoxy) is 1. The summed E-state index contributed by atoms with van der Waals surface area (Å²) < 4.78 is 6.02. The van der Waals surface area contributed by atoms with Gasteiger partial charge in [-0.05, 0) is 63.4 Å². The molecule has 5 rings (SSSR count). The van der Waals surface area contributed by atoms with Crippen molar-refractivity contribution in [1.29, 1.82) is 0 Å². The second-order valence-electron chi connectivity index (χ2n) is 9.48. The smallest absolute Gasteiger partial charge is 0.245 e. The maximum Gasteiger partial charge on any atom is 0.245 e. The van der Waals surface area contributed by atoms with E-state index in [4.69, 9.17) is 4.74 Å². The van der Waals surface area contributed by atoms with Gasteiger partial charge in [0.2, 0.25) is 11.8 Å². The van der Waals surface area contributed by atoms with Crippen LogP contribution in [0.4, 0.5) is 0 Å². The Bertz CT molecular complexity index is 1600. The third-order valence-electron chi connectivity index (χ3n) is 6.46. The first-order chi connectivity index (χ1) is 20.1. The molecule has 0 saturated heterocycles. The monoisotopic (exact) mass is 538 g/mol. The molecule has 2 amide bonds. The van der Waals surface area contributed by atoms with Crippen LogP contribution in [0.25, 0.3) is 22.9 Å². The van der Waals surface area contributed by atoms with Crippen LogP contribution in [0, 0.1) is 0 Å². The fraction of sp³-hybridized carbons (Fsp3) is 0.0556. The van der Waals surface area contributed by atoms with Gasteiger partial charge < -0.3 is 15.4 Å². The van der Waals surface area contributed by atoms with Gasteiger partial charge in [-0.25, -0.2) is 0 Å². The molecule has 41 heavy (non-hydrogen) atoms. The highest BCUT2D eigenvalue weighted by atomic mass is 16.5. The molecule has 5 heteroatoms. The zero-order chi connectivity index (χ0) is 28.3. The van der Waals surface area contributed by atoms with Gasteiger partial charge in [0.25, 0.3) is 0 Å².